The summed E-state index contributed by atoms with van der Waals surface area (Å²) in [6.07, 6.45) is 0. The number of aryl methyl sites for hydroxylation is 1. The van der Waals surface area contributed by atoms with Crippen LogP contribution in [0.4, 0.5) is 0 Å². The van der Waals surface area contributed by atoms with Gasteiger partial charge in [-0.3, -0.25) is 15.6 Å². The van der Waals surface area contributed by atoms with Crippen molar-refractivity contribution in [3.05, 3.63) is 52.9 Å². The van der Waals surface area contributed by atoms with E-state index in [1.807, 2.05) is 49.4 Å². The van der Waals surface area contributed by atoms with Crippen LogP contribution >= 0.6 is 23.6 Å². The highest BCUT2D eigenvalue weighted by Crippen LogP contribution is 2.29. The highest BCUT2D eigenvalue weighted by Gasteiger charge is 2.14. The Morgan fingerprint density at radius 2 is 2.00 bits per heavy atom. The van der Waals surface area contributed by atoms with Gasteiger partial charge in [0.15, 0.2) is 5.11 Å². The molecule has 0 aliphatic carbocycles. The van der Waals surface area contributed by atoms with E-state index in [1.54, 1.807) is 11.3 Å². The number of aromatic nitrogens is 1. The number of nitrogens with one attached hydrogen (secondary N) is 3. The van der Waals surface area contributed by atoms with Crippen molar-refractivity contribution in [1.82, 2.24) is 21.2 Å². The maximum absolute atomic E-state index is 12.7. The fourth-order valence-electron chi connectivity index (χ4n) is 2.45. The minimum absolute atomic E-state index is 0.256. The molecule has 25 heavy (non-hydrogen) atoms. The van der Waals surface area contributed by atoms with Crippen LogP contribution in [0.1, 0.15) is 22.2 Å². The van der Waals surface area contributed by atoms with E-state index in [2.05, 4.69) is 23.1 Å². The van der Waals surface area contributed by atoms with E-state index in [4.69, 9.17) is 17.2 Å². The van der Waals surface area contributed by atoms with Crippen LogP contribution in [0.5, 0.6) is 0 Å². The number of para-hydroxylation sites is 1. The zero-order valence-electron chi connectivity index (χ0n) is 13.9. The topological polar surface area (TPSA) is 66.0 Å². The number of carbonyl (C=O) groups excluding carboxylic acids is 1. The smallest absolute Gasteiger partial charge is 0.270 e. The lowest BCUT2D eigenvalue weighted by molar-refractivity contribution is 0.0945. The number of hydrogen-bond acceptors (Lipinski definition) is 4. The summed E-state index contributed by atoms with van der Waals surface area (Å²) in [6, 6.07) is 13.5. The van der Waals surface area contributed by atoms with E-state index in [9.17, 15) is 4.79 Å². The van der Waals surface area contributed by atoms with Crippen LogP contribution in [0, 0.1) is 6.92 Å². The molecule has 0 atom stereocenters. The van der Waals surface area contributed by atoms with E-state index in [-0.39, 0.29) is 5.91 Å². The molecule has 0 saturated heterocycles. The van der Waals surface area contributed by atoms with Crippen molar-refractivity contribution in [3.8, 4) is 10.6 Å². The number of thiocarbonyl (C=S) groups is 1. The molecule has 3 rings (SSSR count). The minimum atomic E-state index is -0.256. The van der Waals surface area contributed by atoms with Gasteiger partial charge in [-0.15, -0.1) is 11.3 Å². The lowest BCUT2D eigenvalue weighted by Gasteiger charge is -2.12. The van der Waals surface area contributed by atoms with E-state index in [0.29, 0.717) is 17.2 Å². The van der Waals surface area contributed by atoms with Gasteiger partial charge < -0.3 is 5.32 Å². The molecule has 0 aliphatic heterocycles. The van der Waals surface area contributed by atoms with Gasteiger partial charge in [-0.2, -0.15) is 0 Å². The maximum atomic E-state index is 12.7. The molecule has 0 spiro atoms. The standard InChI is InChI=1S/C18H18N4OS2/c1-3-19-18(24)22-21-17(23)13-10-15(16-9-8-11(2)25-16)20-14-7-5-4-6-12(13)14/h4-10H,3H2,1-2H3,(H,21,23)(H2,19,22,24). The maximum Gasteiger partial charge on any atom is 0.270 e. The van der Waals surface area contributed by atoms with Gasteiger partial charge in [0.25, 0.3) is 5.91 Å². The fraction of sp³-hybridized carbons (Fsp3) is 0.167. The molecule has 3 aromatic rings. The first-order chi connectivity index (χ1) is 12.1. The van der Waals surface area contributed by atoms with Gasteiger partial charge in [0.2, 0.25) is 0 Å². The average Bonchev–Trinajstić information content (AvgIpc) is 3.05. The number of fused-ring (bicyclic) bond motifs is 1. The van der Waals surface area contributed by atoms with E-state index in [1.165, 1.54) is 4.88 Å². The summed E-state index contributed by atoms with van der Waals surface area (Å²) in [5, 5.41) is 4.10. The second kappa shape index (κ2) is 7.58. The predicted octanol–water partition coefficient (Wildman–Crippen LogP) is 3.40. The number of benzene rings is 1. The van der Waals surface area contributed by atoms with Crippen LogP contribution in [0.2, 0.25) is 0 Å². The summed E-state index contributed by atoms with van der Waals surface area (Å²) in [5.74, 6) is -0.256. The van der Waals surface area contributed by atoms with Crippen molar-refractivity contribution >= 4 is 45.5 Å². The summed E-state index contributed by atoms with van der Waals surface area (Å²) < 4.78 is 0. The number of pyridine rings is 1. The number of thiophene rings is 1. The van der Waals surface area contributed by atoms with Crippen LogP contribution < -0.4 is 16.2 Å². The van der Waals surface area contributed by atoms with Crippen molar-refractivity contribution in [3.63, 3.8) is 0 Å². The molecule has 0 radical (unpaired) electrons. The Kier molecular flexibility index (Phi) is 5.25. The highest BCUT2D eigenvalue weighted by atomic mass is 32.1. The third-order valence-corrected chi connectivity index (χ3v) is 4.85. The summed E-state index contributed by atoms with van der Waals surface area (Å²) in [4.78, 5) is 19.6. The summed E-state index contributed by atoms with van der Waals surface area (Å²) in [7, 11) is 0. The third-order valence-electron chi connectivity index (χ3n) is 3.58. The van der Waals surface area contributed by atoms with Gasteiger partial charge in [-0.05, 0) is 50.3 Å². The van der Waals surface area contributed by atoms with Crippen molar-refractivity contribution in [2.75, 3.05) is 6.54 Å². The monoisotopic (exact) mass is 370 g/mol. The molecule has 128 valence electrons. The summed E-state index contributed by atoms with van der Waals surface area (Å²) in [5.41, 5.74) is 7.48. The first-order valence-electron chi connectivity index (χ1n) is 7.89. The molecule has 0 saturated carbocycles. The normalized spacial score (nSPS) is 10.5. The molecule has 0 unspecified atom stereocenters. The second-order valence-electron chi connectivity index (χ2n) is 5.42. The van der Waals surface area contributed by atoms with Gasteiger partial charge in [0, 0.05) is 16.8 Å². The molecule has 2 aromatic heterocycles. The van der Waals surface area contributed by atoms with Crippen LogP contribution in [0.3, 0.4) is 0 Å². The van der Waals surface area contributed by atoms with Gasteiger partial charge >= 0.3 is 0 Å². The van der Waals surface area contributed by atoms with Gasteiger partial charge in [0.05, 0.1) is 21.7 Å². The number of rotatable bonds is 3. The average molecular weight is 371 g/mol. The molecule has 0 fully saturated rings. The number of nitrogens with zero attached hydrogens (tertiary/aromatic N) is 1. The molecule has 3 N–H and O–H groups in total. The summed E-state index contributed by atoms with van der Waals surface area (Å²) >= 11 is 6.73. The molecule has 1 amide bonds. The molecular formula is C18H18N4OS2. The largest absolute Gasteiger partial charge is 0.362 e. The van der Waals surface area contributed by atoms with Gasteiger partial charge in [-0.1, -0.05) is 18.2 Å². The summed E-state index contributed by atoms with van der Waals surface area (Å²) in [6.45, 7) is 4.66. The van der Waals surface area contributed by atoms with E-state index >= 15 is 0 Å². The van der Waals surface area contributed by atoms with Crippen molar-refractivity contribution < 1.29 is 4.79 Å². The second-order valence-corrected chi connectivity index (χ2v) is 7.12. The highest BCUT2D eigenvalue weighted by molar-refractivity contribution is 7.80. The van der Waals surface area contributed by atoms with E-state index in [0.717, 1.165) is 21.5 Å². The predicted molar refractivity (Wildman–Crippen MR) is 107 cm³/mol. The quantitative estimate of drug-likeness (QED) is 0.487. The van der Waals surface area contributed by atoms with Crippen molar-refractivity contribution in [2.45, 2.75) is 13.8 Å². The Morgan fingerprint density at radius 3 is 2.72 bits per heavy atom. The fourth-order valence-corrected chi connectivity index (χ4v) is 3.47. The number of amides is 1. The Labute approximate surface area is 155 Å². The molecule has 7 heteroatoms. The first-order valence-corrected chi connectivity index (χ1v) is 9.11. The molecule has 5 nitrogen and oxygen atoms in total. The van der Waals surface area contributed by atoms with Crippen LogP contribution in [-0.2, 0) is 0 Å². The first kappa shape index (κ1) is 17.3. The van der Waals surface area contributed by atoms with Crippen LogP contribution in [-0.4, -0.2) is 22.5 Å². The van der Waals surface area contributed by atoms with Crippen molar-refractivity contribution in [1.29, 1.82) is 0 Å². The zero-order valence-corrected chi connectivity index (χ0v) is 15.6. The molecule has 2 heterocycles. The number of hydrogen-bond donors (Lipinski definition) is 3. The van der Waals surface area contributed by atoms with Gasteiger partial charge in [-0.25, -0.2) is 4.98 Å². The zero-order chi connectivity index (χ0) is 17.8. The Balaban J connectivity index is 1.97. The lowest BCUT2D eigenvalue weighted by atomic mass is 10.1. The molecule has 1 aromatic carbocycles. The molecular weight excluding hydrogens is 352 g/mol. The number of hydrazine groups is 1. The van der Waals surface area contributed by atoms with Crippen LogP contribution in [0.15, 0.2) is 42.5 Å². The Morgan fingerprint density at radius 1 is 1.20 bits per heavy atom. The van der Waals surface area contributed by atoms with Crippen LogP contribution in [0.25, 0.3) is 21.5 Å². The Hall–Kier alpha value is -2.51. The Bertz CT molecular complexity index is 936. The third kappa shape index (κ3) is 3.94. The lowest BCUT2D eigenvalue weighted by Crippen LogP contribution is -2.46. The van der Waals surface area contributed by atoms with Gasteiger partial charge in [0.1, 0.15) is 0 Å². The number of carbonyl (C=O) groups is 1. The van der Waals surface area contributed by atoms with E-state index < -0.39 is 0 Å². The molecule has 0 bridgehead atoms. The SMILES string of the molecule is CCNC(=S)NNC(=O)c1cc(-c2ccc(C)s2)nc2ccccc12. The minimum Gasteiger partial charge on any atom is -0.362 e. The van der Waals surface area contributed by atoms with Crippen molar-refractivity contribution in [2.24, 2.45) is 0 Å². The molecule has 0 aliphatic rings.